The SMILES string of the molecule is COc1nn(C)cc1Nc1nc(N2CC[C@H](F)C2)nc2c1ncn2C. The third-order valence-electron chi connectivity index (χ3n) is 4.20. The molecule has 1 aliphatic heterocycles. The lowest BCUT2D eigenvalue weighted by Crippen LogP contribution is -2.23. The fourth-order valence-electron chi connectivity index (χ4n) is 2.96. The first-order valence-corrected chi connectivity index (χ1v) is 7.98. The molecule has 1 atom stereocenters. The molecular formula is C15H19FN8O. The number of aryl methyl sites for hydroxylation is 2. The van der Waals surface area contributed by atoms with Crippen molar-refractivity contribution in [2.75, 3.05) is 30.4 Å². The Labute approximate surface area is 143 Å². The molecule has 0 bridgehead atoms. The van der Waals surface area contributed by atoms with E-state index < -0.39 is 6.17 Å². The third kappa shape index (κ3) is 2.73. The molecule has 4 heterocycles. The number of fused-ring (bicyclic) bond motifs is 1. The lowest BCUT2D eigenvalue weighted by atomic mass is 10.3. The number of anilines is 3. The Morgan fingerprint density at radius 2 is 2.16 bits per heavy atom. The molecule has 3 aromatic rings. The van der Waals surface area contributed by atoms with Crippen molar-refractivity contribution < 1.29 is 9.13 Å². The predicted octanol–water partition coefficient (Wildman–Crippen LogP) is 1.40. The van der Waals surface area contributed by atoms with E-state index in [9.17, 15) is 4.39 Å². The van der Waals surface area contributed by atoms with Crippen molar-refractivity contribution >= 4 is 28.6 Å². The van der Waals surface area contributed by atoms with Crippen molar-refractivity contribution in [2.24, 2.45) is 14.1 Å². The number of hydrogen-bond acceptors (Lipinski definition) is 7. The number of aromatic nitrogens is 6. The smallest absolute Gasteiger partial charge is 0.256 e. The van der Waals surface area contributed by atoms with Crippen LogP contribution in [0.5, 0.6) is 5.88 Å². The van der Waals surface area contributed by atoms with Gasteiger partial charge in [-0.2, -0.15) is 9.97 Å². The maximum absolute atomic E-state index is 13.6. The molecule has 0 radical (unpaired) electrons. The van der Waals surface area contributed by atoms with Crippen molar-refractivity contribution in [3.8, 4) is 5.88 Å². The van der Waals surface area contributed by atoms with E-state index in [2.05, 4.69) is 25.4 Å². The third-order valence-corrected chi connectivity index (χ3v) is 4.20. The first-order chi connectivity index (χ1) is 12.0. The van der Waals surface area contributed by atoms with Gasteiger partial charge < -0.3 is 19.5 Å². The highest BCUT2D eigenvalue weighted by atomic mass is 19.1. The van der Waals surface area contributed by atoms with Gasteiger partial charge in [-0.05, 0) is 6.42 Å². The Kier molecular flexibility index (Phi) is 3.66. The summed E-state index contributed by atoms with van der Waals surface area (Å²) in [4.78, 5) is 15.4. The van der Waals surface area contributed by atoms with Gasteiger partial charge in [-0.15, -0.1) is 5.10 Å². The van der Waals surface area contributed by atoms with Gasteiger partial charge in [-0.25, -0.2) is 9.37 Å². The molecule has 0 amide bonds. The zero-order valence-corrected chi connectivity index (χ0v) is 14.3. The highest BCUT2D eigenvalue weighted by Crippen LogP contribution is 2.30. The fourth-order valence-corrected chi connectivity index (χ4v) is 2.96. The molecule has 1 saturated heterocycles. The van der Waals surface area contributed by atoms with E-state index in [1.54, 1.807) is 31.4 Å². The number of alkyl halides is 1. The molecule has 0 spiro atoms. The zero-order valence-electron chi connectivity index (χ0n) is 14.3. The number of halogens is 1. The molecule has 132 valence electrons. The van der Waals surface area contributed by atoms with E-state index in [4.69, 9.17) is 4.74 Å². The maximum atomic E-state index is 13.6. The number of rotatable bonds is 4. The highest BCUT2D eigenvalue weighted by molar-refractivity contribution is 5.87. The summed E-state index contributed by atoms with van der Waals surface area (Å²) < 4.78 is 22.3. The van der Waals surface area contributed by atoms with Crippen LogP contribution in [0.3, 0.4) is 0 Å². The second-order valence-corrected chi connectivity index (χ2v) is 6.08. The summed E-state index contributed by atoms with van der Waals surface area (Å²) in [6.45, 7) is 0.902. The van der Waals surface area contributed by atoms with Crippen molar-refractivity contribution in [1.29, 1.82) is 0 Å². The van der Waals surface area contributed by atoms with E-state index in [1.807, 2.05) is 16.5 Å². The lowest BCUT2D eigenvalue weighted by molar-refractivity contribution is 0.364. The van der Waals surface area contributed by atoms with Crippen LogP contribution in [-0.4, -0.2) is 55.7 Å². The van der Waals surface area contributed by atoms with Gasteiger partial charge in [-0.1, -0.05) is 0 Å². The summed E-state index contributed by atoms with van der Waals surface area (Å²) in [5.41, 5.74) is 1.98. The molecule has 1 fully saturated rings. The Bertz CT molecular complexity index is 920. The topological polar surface area (TPSA) is 85.9 Å². The van der Waals surface area contributed by atoms with Crippen LogP contribution >= 0.6 is 0 Å². The first-order valence-electron chi connectivity index (χ1n) is 7.98. The fraction of sp³-hybridized carbons (Fsp3) is 0.467. The van der Waals surface area contributed by atoms with Crippen LogP contribution in [0.15, 0.2) is 12.5 Å². The molecule has 4 rings (SSSR count). The summed E-state index contributed by atoms with van der Waals surface area (Å²) in [6.07, 6.45) is 3.12. The van der Waals surface area contributed by atoms with E-state index in [0.29, 0.717) is 54.0 Å². The van der Waals surface area contributed by atoms with E-state index in [-0.39, 0.29) is 0 Å². The minimum Gasteiger partial charge on any atom is -0.478 e. The zero-order chi connectivity index (χ0) is 17.6. The Hall–Kier alpha value is -2.91. The number of nitrogens with one attached hydrogen (secondary N) is 1. The molecule has 10 heteroatoms. The average Bonchev–Trinajstić information content (AvgIpc) is 3.27. The molecule has 3 aromatic heterocycles. The highest BCUT2D eigenvalue weighted by Gasteiger charge is 2.26. The molecule has 1 aliphatic rings. The monoisotopic (exact) mass is 346 g/mol. The van der Waals surface area contributed by atoms with Gasteiger partial charge in [0.05, 0.1) is 26.2 Å². The Balaban J connectivity index is 1.78. The van der Waals surface area contributed by atoms with Crippen molar-refractivity contribution in [2.45, 2.75) is 12.6 Å². The number of nitrogens with zero attached hydrogens (tertiary/aromatic N) is 7. The molecule has 1 N–H and O–H groups in total. The predicted molar refractivity (Wildman–Crippen MR) is 91.1 cm³/mol. The van der Waals surface area contributed by atoms with E-state index >= 15 is 0 Å². The van der Waals surface area contributed by atoms with Crippen molar-refractivity contribution in [3.63, 3.8) is 0 Å². The van der Waals surface area contributed by atoms with Gasteiger partial charge in [0.2, 0.25) is 5.95 Å². The minimum absolute atomic E-state index is 0.305. The second-order valence-electron chi connectivity index (χ2n) is 6.08. The largest absolute Gasteiger partial charge is 0.478 e. The summed E-state index contributed by atoms with van der Waals surface area (Å²) in [5.74, 6) is 1.48. The summed E-state index contributed by atoms with van der Waals surface area (Å²) in [7, 11) is 5.23. The van der Waals surface area contributed by atoms with Crippen LogP contribution in [0.2, 0.25) is 0 Å². The first kappa shape index (κ1) is 15.6. The van der Waals surface area contributed by atoms with Gasteiger partial charge in [0.1, 0.15) is 11.9 Å². The molecule has 0 aliphatic carbocycles. The van der Waals surface area contributed by atoms with Gasteiger partial charge in [-0.3, -0.25) is 4.68 Å². The van der Waals surface area contributed by atoms with Gasteiger partial charge in [0.15, 0.2) is 17.0 Å². The van der Waals surface area contributed by atoms with Gasteiger partial charge in [0, 0.05) is 20.6 Å². The minimum atomic E-state index is -0.847. The van der Waals surface area contributed by atoms with Gasteiger partial charge in [0.25, 0.3) is 5.88 Å². The quantitative estimate of drug-likeness (QED) is 0.764. The number of ether oxygens (including phenoxy) is 1. The van der Waals surface area contributed by atoms with Crippen LogP contribution in [0, 0.1) is 0 Å². The van der Waals surface area contributed by atoms with Crippen LogP contribution < -0.4 is 15.0 Å². The number of methoxy groups -OCH3 is 1. The van der Waals surface area contributed by atoms with Crippen LogP contribution in [-0.2, 0) is 14.1 Å². The van der Waals surface area contributed by atoms with E-state index in [0.717, 1.165) is 0 Å². The standard InChI is InChI=1S/C15H19FN8O/c1-22-8-17-11-12(18-10-7-23(2)21-14(10)25-3)19-15(20-13(11)22)24-5-4-9(16)6-24/h7-9H,4-6H2,1-3H3,(H,18,19,20)/t9-/m0/s1. The molecule has 25 heavy (non-hydrogen) atoms. The molecule has 0 unspecified atom stereocenters. The van der Waals surface area contributed by atoms with Crippen LogP contribution in [0.1, 0.15) is 6.42 Å². The molecular weight excluding hydrogens is 327 g/mol. The average molecular weight is 346 g/mol. The summed E-state index contributed by atoms with van der Waals surface area (Å²) in [6, 6.07) is 0. The second kappa shape index (κ2) is 5.87. The molecule has 0 aromatic carbocycles. The number of hydrogen-bond donors (Lipinski definition) is 1. The van der Waals surface area contributed by atoms with Crippen LogP contribution in [0.4, 0.5) is 21.8 Å². The summed E-state index contributed by atoms with van der Waals surface area (Å²) in [5, 5.41) is 7.44. The van der Waals surface area contributed by atoms with Crippen molar-refractivity contribution in [3.05, 3.63) is 12.5 Å². The van der Waals surface area contributed by atoms with Crippen LogP contribution in [0.25, 0.3) is 11.2 Å². The Morgan fingerprint density at radius 3 is 2.88 bits per heavy atom. The van der Waals surface area contributed by atoms with Crippen molar-refractivity contribution in [1.82, 2.24) is 29.3 Å². The summed E-state index contributed by atoms with van der Waals surface area (Å²) >= 11 is 0. The molecule has 0 saturated carbocycles. The normalized spacial score (nSPS) is 17.4. The van der Waals surface area contributed by atoms with E-state index in [1.165, 1.54) is 0 Å². The Morgan fingerprint density at radius 1 is 1.32 bits per heavy atom. The molecule has 9 nitrogen and oxygen atoms in total. The number of imidazole rings is 1. The maximum Gasteiger partial charge on any atom is 0.256 e. The van der Waals surface area contributed by atoms with Gasteiger partial charge >= 0.3 is 0 Å². The lowest BCUT2D eigenvalue weighted by Gasteiger charge is -2.16.